The van der Waals surface area contributed by atoms with Crippen LogP contribution in [0.2, 0.25) is 0 Å². The number of fused-ring (bicyclic) bond motifs is 1. The van der Waals surface area contributed by atoms with Crippen molar-refractivity contribution in [3.63, 3.8) is 0 Å². The number of rotatable bonds is 6. The fraction of sp³-hybridized carbons (Fsp3) is 0.364. The van der Waals surface area contributed by atoms with Gasteiger partial charge in [0.25, 0.3) is 5.91 Å². The summed E-state index contributed by atoms with van der Waals surface area (Å²) >= 11 is 1.69. The van der Waals surface area contributed by atoms with Crippen LogP contribution in [0.3, 0.4) is 0 Å². The van der Waals surface area contributed by atoms with E-state index in [9.17, 15) is 4.79 Å². The number of carbonyl (C=O) groups is 1. The minimum absolute atomic E-state index is 0.00252. The molecule has 1 aromatic heterocycles. The lowest BCUT2D eigenvalue weighted by Crippen LogP contribution is -2.42. The Morgan fingerprint density at radius 1 is 1.27 bits per heavy atom. The lowest BCUT2D eigenvalue weighted by atomic mass is 10.1. The Kier molecular flexibility index (Phi) is 5.52. The molecule has 0 bridgehead atoms. The van der Waals surface area contributed by atoms with Crippen LogP contribution < -0.4 is 15.5 Å². The van der Waals surface area contributed by atoms with Gasteiger partial charge in [-0.1, -0.05) is 12.1 Å². The molecule has 0 radical (unpaired) electrons. The SMILES string of the molecule is O=C(NCCN1CCOCC1)C1=CC2C(N=CN2c2cccc(-c3ccsc3)c2)N1. The fourth-order valence-electron chi connectivity index (χ4n) is 4.04. The number of carbonyl (C=O) groups excluding carboxylic acids is 1. The van der Waals surface area contributed by atoms with E-state index in [1.807, 2.05) is 12.4 Å². The molecule has 0 aliphatic carbocycles. The molecule has 30 heavy (non-hydrogen) atoms. The topological polar surface area (TPSA) is 69.2 Å². The van der Waals surface area contributed by atoms with E-state index >= 15 is 0 Å². The van der Waals surface area contributed by atoms with Gasteiger partial charge in [-0.25, -0.2) is 4.99 Å². The van der Waals surface area contributed by atoms with Gasteiger partial charge >= 0.3 is 0 Å². The number of hydrogen-bond acceptors (Lipinski definition) is 7. The van der Waals surface area contributed by atoms with Crippen molar-refractivity contribution in [3.8, 4) is 11.1 Å². The van der Waals surface area contributed by atoms with Crippen molar-refractivity contribution in [2.75, 3.05) is 44.3 Å². The average molecular weight is 424 g/mol. The van der Waals surface area contributed by atoms with E-state index in [0.717, 1.165) is 38.5 Å². The molecule has 2 N–H and O–H groups in total. The highest BCUT2D eigenvalue weighted by atomic mass is 32.1. The summed E-state index contributed by atoms with van der Waals surface area (Å²) in [4.78, 5) is 21.6. The van der Waals surface area contributed by atoms with Gasteiger partial charge in [0.1, 0.15) is 6.17 Å². The van der Waals surface area contributed by atoms with Gasteiger partial charge < -0.3 is 20.3 Å². The van der Waals surface area contributed by atoms with Crippen molar-refractivity contribution < 1.29 is 9.53 Å². The molecule has 3 aliphatic rings. The van der Waals surface area contributed by atoms with E-state index in [4.69, 9.17) is 4.74 Å². The second kappa shape index (κ2) is 8.59. The quantitative estimate of drug-likeness (QED) is 0.743. The van der Waals surface area contributed by atoms with Crippen molar-refractivity contribution in [1.82, 2.24) is 15.5 Å². The zero-order chi connectivity index (χ0) is 20.3. The number of nitrogens with one attached hydrogen (secondary N) is 2. The molecule has 2 atom stereocenters. The maximum Gasteiger partial charge on any atom is 0.267 e. The van der Waals surface area contributed by atoms with Gasteiger partial charge in [0.2, 0.25) is 0 Å². The lowest BCUT2D eigenvalue weighted by molar-refractivity contribution is -0.117. The number of ether oxygens (including phenoxy) is 1. The van der Waals surface area contributed by atoms with E-state index in [1.165, 1.54) is 11.1 Å². The Hall–Kier alpha value is -2.68. The molecule has 7 nitrogen and oxygen atoms in total. The first-order valence-corrected chi connectivity index (χ1v) is 11.2. The first kappa shape index (κ1) is 19.3. The van der Waals surface area contributed by atoms with E-state index < -0.39 is 0 Å². The smallest absolute Gasteiger partial charge is 0.267 e. The van der Waals surface area contributed by atoms with Crippen LogP contribution in [0.25, 0.3) is 11.1 Å². The Balaban J connectivity index is 1.22. The van der Waals surface area contributed by atoms with Crippen LogP contribution in [0, 0.1) is 0 Å². The van der Waals surface area contributed by atoms with Gasteiger partial charge in [-0.2, -0.15) is 11.3 Å². The Morgan fingerprint density at radius 3 is 3.00 bits per heavy atom. The molecular weight excluding hydrogens is 398 g/mol. The van der Waals surface area contributed by atoms with E-state index in [1.54, 1.807) is 11.3 Å². The van der Waals surface area contributed by atoms with E-state index in [2.05, 4.69) is 66.5 Å². The number of morpholine rings is 1. The molecule has 1 saturated heterocycles. The van der Waals surface area contributed by atoms with Gasteiger partial charge in [0.15, 0.2) is 0 Å². The first-order valence-electron chi connectivity index (χ1n) is 10.3. The third kappa shape index (κ3) is 3.98. The molecule has 5 rings (SSSR count). The highest BCUT2D eigenvalue weighted by molar-refractivity contribution is 7.08. The van der Waals surface area contributed by atoms with E-state index in [0.29, 0.717) is 12.2 Å². The molecule has 156 valence electrons. The second-order valence-corrected chi connectivity index (χ2v) is 8.38. The molecule has 2 unspecified atom stereocenters. The first-order chi connectivity index (χ1) is 14.8. The number of aliphatic imine (C=N–C) groups is 1. The van der Waals surface area contributed by atoms with Crippen molar-refractivity contribution in [2.24, 2.45) is 4.99 Å². The highest BCUT2D eigenvalue weighted by Gasteiger charge is 2.37. The second-order valence-electron chi connectivity index (χ2n) is 7.60. The lowest BCUT2D eigenvalue weighted by Gasteiger charge is -2.26. The summed E-state index contributed by atoms with van der Waals surface area (Å²) in [5, 5.41) is 10.5. The predicted octanol–water partition coefficient (Wildman–Crippen LogP) is 1.89. The fourth-order valence-corrected chi connectivity index (χ4v) is 4.70. The van der Waals surface area contributed by atoms with Crippen LogP contribution in [0.15, 0.2) is 57.9 Å². The number of hydrogen-bond donors (Lipinski definition) is 2. The molecule has 8 heteroatoms. The minimum atomic E-state index is -0.130. The number of anilines is 1. The minimum Gasteiger partial charge on any atom is -0.379 e. The molecule has 1 aromatic carbocycles. The molecule has 2 aromatic rings. The maximum absolute atomic E-state index is 12.6. The predicted molar refractivity (Wildman–Crippen MR) is 120 cm³/mol. The van der Waals surface area contributed by atoms with Crippen LogP contribution in [-0.4, -0.2) is 68.7 Å². The summed E-state index contributed by atoms with van der Waals surface area (Å²) in [5.74, 6) is -0.0696. The number of benzene rings is 1. The Morgan fingerprint density at radius 2 is 2.17 bits per heavy atom. The number of nitrogens with zero attached hydrogens (tertiary/aromatic N) is 3. The Bertz CT molecular complexity index is 952. The molecule has 0 spiro atoms. The number of amides is 1. The van der Waals surface area contributed by atoms with Crippen molar-refractivity contribution >= 4 is 29.3 Å². The summed E-state index contributed by atoms with van der Waals surface area (Å²) < 4.78 is 5.36. The molecule has 4 heterocycles. The summed E-state index contributed by atoms with van der Waals surface area (Å²) in [7, 11) is 0. The van der Waals surface area contributed by atoms with Gasteiger partial charge in [-0.15, -0.1) is 0 Å². The van der Waals surface area contributed by atoms with E-state index in [-0.39, 0.29) is 18.1 Å². The largest absolute Gasteiger partial charge is 0.379 e. The van der Waals surface area contributed by atoms with Crippen molar-refractivity contribution in [3.05, 3.63) is 52.9 Å². The molecular formula is C22H25N5O2S. The van der Waals surface area contributed by atoms with Crippen LogP contribution in [0.4, 0.5) is 5.69 Å². The molecule has 3 aliphatic heterocycles. The molecule has 0 saturated carbocycles. The summed E-state index contributed by atoms with van der Waals surface area (Å²) in [6.07, 6.45) is 3.72. The summed E-state index contributed by atoms with van der Waals surface area (Å²) in [5.41, 5.74) is 4.07. The van der Waals surface area contributed by atoms with Gasteiger partial charge in [-0.05, 0) is 46.2 Å². The van der Waals surface area contributed by atoms with Gasteiger partial charge in [0, 0.05) is 31.9 Å². The maximum atomic E-state index is 12.6. The standard InChI is InChI=1S/C22H25N5O2S/c28-22(23-5-6-26-7-9-29-10-8-26)19-13-20-21(25-19)24-15-27(20)18-3-1-2-16(12-18)17-4-11-30-14-17/h1-4,11-15,20-21,25H,5-10H2,(H,23,28). The number of thiophene rings is 1. The average Bonchev–Trinajstić information content (AvgIpc) is 3.52. The van der Waals surface area contributed by atoms with Gasteiger partial charge in [-0.3, -0.25) is 9.69 Å². The highest BCUT2D eigenvalue weighted by Crippen LogP contribution is 2.31. The van der Waals surface area contributed by atoms with Crippen LogP contribution in [0.5, 0.6) is 0 Å². The monoisotopic (exact) mass is 423 g/mol. The van der Waals surface area contributed by atoms with Crippen molar-refractivity contribution in [2.45, 2.75) is 12.2 Å². The van der Waals surface area contributed by atoms with Crippen LogP contribution in [0.1, 0.15) is 0 Å². The third-order valence-electron chi connectivity index (χ3n) is 5.70. The van der Waals surface area contributed by atoms with Crippen molar-refractivity contribution in [1.29, 1.82) is 0 Å². The molecule has 1 fully saturated rings. The third-order valence-corrected chi connectivity index (χ3v) is 6.38. The zero-order valence-electron chi connectivity index (χ0n) is 16.7. The Labute approximate surface area is 180 Å². The zero-order valence-corrected chi connectivity index (χ0v) is 17.5. The van der Waals surface area contributed by atoms with Crippen LogP contribution >= 0.6 is 11.3 Å². The summed E-state index contributed by atoms with van der Waals surface area (Å²) in [6, 6.07) is 10.6. The van der Waals surface area contributed by atoms with Crippen LogP contribution in [-0.2, 0) is 9.53 Å². The molecule has 1 amide bonds. The van der Waals surface area contributed by atoms with Gasteiger partial charge in [0.05, 0.1) is 31.3 Å². The summed E-state index contributed by atoms with van der Waals surface area (Å²) in [6.45, 7) is 4.86. The normalized spacial score (nSPS) is 23.2.